The lowest BCUT2D eigenvalue weighted by atomic mass is 10.1. The molecule has 0 spiro atoms. The fraction of sp³-hybridized carbons (Fsp3) is 0.0357. The van der Waals surface area contributed by atoms with Crippen LogP contribution in [0.5, 0.6) is 11.5 Å². The number of aromatic nitrogens is 1. The third kappa shape index (κ3) is 4.74. The van der Waals surface area contributed by atoms with Gasteiger partial charge in [-0.25, -0.2) is 0 Å². The second-order valence-electron chi connectivity index (χ2n) is 8.09. The lowest BCUT2D eigenvalue weighted by Gasteiger charge is -2.27. The third-order valence-corrected chi connectivity index (χ3v) is 5.58. The van der Waals surface area contributed by atoms with E-state index in [2.05, 4.69) is 16.9 Å². The van der Waals surface area contributed by atoms with Gasteiger partial charge in [-0.15, -0.1) is 0 Å². The number of nitrogens with one attached hydrogen (secondary N) is 2. The average molecular weight is 487 g/mol. The van der Waals surface area contributed by atoms with Crippen LogP contribution in [0.4, 0.5) is 30.4 Å². The first-order valence-corrected chi connectivity index (χ1v) is 11.0. The molecule has 36 heavy (non-hydrogen) atoms. The van der Waals surface area contributed by atoms with Gasteiger partial charge in [-0.1, -0.05) is 24.8 Å². The van der Waals surface area contributed by atoms with Crippen molar-refractivity contribution < 1.29 is 22.7 Å². The van der Waals surface area contributed by atoms with Crippen LogP contribution in [0.3, 0.4) is 0 Å². The molecule has 2 heterocycles. The largest absolute Gasteiger partial charge is 0.457 e. The number of H-pyrrole nitrogens is 1. The minimum absolute atomic E-state index is 0.292. The molecule has 3 aromatic carbocycles. The van der Waals surface area contributed by atoms with Crippen molar-refractivity contribution in [3.8, 4) is 11.5 Å². The van der Waals surface area contributed by atoms with Crippen molar-refractivity contribution >= 4 is 29.2 Å². The van der Waals surface area contributed by atoms with Gasteiger partial charge >= 0.3 is 6.18 Å². The Kier molecular flexibility index (Phi) is 5.85. The van der Waals surface area contributed by atoms with Gasteiger partial charge in [-0.3, -0.25) is 9.69 Å². The molecule has 0 aliphatic carbocycles. The van der Waals surface area contributed by atoms with Crippen molar-refractivity contribution in [2.45, 2.75) is 6.18 Å². The molecule has 0 unspecified atom stereocenters. The maximum Gasteiger partial charge on any atom is 0.416 e. The SMILES string of the molecule is C=C1C=Cc2cc(C(=O)Nc3ccc(Oc4ccccc4)cc3)[nH]c2N1c1ccc(C(F)(F)F)cc1. The summed E-state index contributed by atoms with van der Waals surface area (Å²) in [5, 5.41) is 2.83. The standard InChI is InChI=1S/C28H20F3N3O2/c1-18-7-8-19-17-25(33-26(19)34(18)22-13-9-20(10-14-22)28(29,30)31)27(35)32-21-11-15-24(16-12-21)36-23-5-3-2-4-6-23/h2-17,33H,1H2,(H,32,35). The average Bonchev–Trinajstić information content (AvgIpc) is 3.30. The van der Waals surface area contributed by atoms with Gasteiger partial charge in [0.1, 0.15) is 23.0 Å². The summed E-state index contributed by atoms with van der Waals surface area (Å²) in [5.74, 6) is 1.51. The number of alkyl halides is 3. The number of halogens is 3. The lowest BCUT2D eigenvalue weighted by Crippen LogP contribution is -2.18. The number of anilines is 3. The number of carbonyl (C=O) groups excluding carboxylic acids is 1. The van der Waals surface area contributed by atoms with E-state index in [1.165, 1.54) is 12.1 Å². The normalized spacial score (nSPS) is 12.9. The monoisotopic (exact) mass is 487 g/mol. The number of ether oxygens (including phenoxy) is 1. The maximum absolute atomic E-state index is 13.0. The Balaban J connectivity index is 1.33. The van der Waals surface area contributed by atoms with Crippen LogP contribution in [0.2, 0.25) is 0 Å². The molecule has 2 N–H and O–H groups in total. The summed E-state index contributed by atoms with van der Waals surface area (Å²) in [6.45, 7) is 3.99. The summed E-state index contributed by atoms with van der Waals surface area (Å²) in [5.41, 5.74) is 1.87. The zero-order valence-electron chi connectivity index (χ0n) is 18.8. The Bertz CT molecular complexity index is 1440. The Morgan fingerprint density at radius 1 is 0.889 bits per heavy atom. The second kappa shape index (κ2) is 9.14. The molecular formula is C28H20F3N3O2. The molecule has 0 fully saturated rings. The third-order valence-electron chi connectivity index (χ3n) is 5.58. The topological polar surface area (TPSA) is 57.4 Å². The van der Waals surface area contributed by atoms with E-state index in [9.17, 15) is 18.0 Å². The van der Waals surface area contributed by atoms with Crippen LogP contribution in [-0.4, -0.2) is 10.9 Å². The molecule has 8 heteroatoms. The highest BCUT2D eigenvalue weighted by Gasteiger charge is 2.31. The number of hydrogen-bond donors (Lipinski definition) is 2. The van der Waals surface area contributed by atoms with Gasteiger partial charge in [0.2, 0.25) is 0 Å². The van der Waals surface area contributed by atoms with Crippen LogP contribution in [0.25, 0.3) is 6.08 Å². The molecule has 1 amide bonds. The summed E-state index contributed by atoms with van der Waals surface area (Å²) in [7, 11) is 0. The number of allylic oxidation sites excluding steroid dienone is 1. The number of fused-ring (bicyclic) bond motifs is 1. The van der Waals surface area contributed by atoms with Crippen molar-refractivity contribution in [1.82, 2.24) is 4.98 Å². The number of para-hydroxylation sites is 1. The minimum atomic E-state index is -4.42. The molecule has 5 nitrogen and oxygen atoms in total. The highest BCUT2D eigenvalue weighted by Crippen LogP contribution is 2.38. The predicted molar refractivity (Wildman–Crippen MR) is 133 cm³/mol. The van der Waals surface area contributed by atoms with Crippen LogP contribution < -0.4 is 15.0 Å². The molecule has 0 radical (unpaired) electrons. The highest BCUT2D eigenvalue weighted by molar-refractivity contribution is 6.04. The van der Waals surface area contributed by atoms with Crippen molar-refractivity contribution in [2.24, 2.45) is 0 Å². The van der Waals surface area contributed by atoms with Crippen LogP contribution in [-0.2, 0) is 6.18 Å². The van der Waals surface area contributed by atoms with Crippen molar-refractivity contribution in [3.63, 3.8) is 0 Å². The van der Waals surface area contributed by atoms with Gasteiger partial charge in [0.05, 0.1) is 5.56 Å². The molecule has 180 valence electrons. The molecule has 0 bridgehead atoms. The predicted octanol–water partition coefficient (Wildman–Crippen LogP) is 7.76. The Morgan fingerprint density at radius 3 is 2.22 bits per heavy atom. The smallest absolute Gasteiger partial charge is 0.416 e. The van der Waals surface area contributed by atoms with E-state index in [1.807, 2.05) is 30.3 Å². The molecule has 5 rings (SSSR count). The summed E-state index contributed by atoms with van der Waals surface area (Å²) in [4.78, 5) is 17.7. The molecule has 0 saturated carbocycles. The number of rotatable bonds is 5. The summed E-state index contributed by atoms with van der Waals surface area (Å²) >= 11 is 0. The fourth-order valence-corrected chi connectivity index (χ4v) is 3.82. The van der Waals surface area contributed by atoms with E-state index in [4.69, 9.17) is 4.74 Å². The number of aromatic amines is 1. The van der Waals surface area contributed by atoms with Crippen molar-refractivity contribution in [1.29, 1.82) is 0 Å². The highest BCUT2D eigenvalue weighted by atomic mass is 19.4. The second-order valence-corrected chi connectivity index (χ2v) is 8.09. The molecule has 4 aromatic rings. The van der Waals surface area contributed by atoms with E-state index in [0.29, 0.717) is 45.6 Å². The van der Waals surface area contributed by atoms with Crippen molar-refractivity contribution in [2.75, 3.05) is 10.2 Å². The van der Waals surface area contributed by atoms with Crippen LogP contribution in [0.15, 0.2) is 103 Å². The van der Waals surface area contributed by atoms with Gasteiger partial charge in [-0.2, -0.15) is 13.2 Å². The number of hydrogen-bond acceptors (Lipinski definition) is 3. The molecule has 1 aliphatic rings. The number of benzene rings is 3. The van der Waals surface area contributed by atoms with Crippen LogP contribution in [0.1, 0.15) is 21.6 Å². The van der Waals surface area contributed by atoms with E-state index in [1.54, 1.807) is 47.4 Å². The number of nitrogens with zero attached hydrogens (tertiary/aromatic N) is 1. The van der Waals surface area contributed by atoms with Gasteiger partial charge in [-0.05, 0) is 78.9 Å². The van der Waals surface area contributed by atoms with Crippen LogP contribution >= 0.6 is 0 Å². The minimum Gasteiger partial charge on any atom is -0.457 e. The van der Waals surface area contributed by atoms with Gasteiger partial charge in [0.25, 0.3) is 5.91 Å². The molecule has 1 aromatic heterocycles. The van der Waals surface area contributed by atoms with E-state index in [0.717, 1.165) is 12.1 Å². The number of carbonyl (C=O) groups is 1. The zero-order chi connectivity index (χ0) is 25.3. The molecule has 0 atom stereocenters. The Morgan fingerprint density at radius 2 is 1.56 bits per heavy atom. The Labute approximate surface area is 205 Å². The molecule has 1 aliphatic heterocycles. The summed E-state index contributed by atoms with van der Waals surface area (Å²) < 4.78 is 44.7. The quantitative estimate of drug-likeness (QED) is 0.303. The van der Waals surface area contributed by atoms with Gasteiger partial charge < -0.3 is 15.0 Å². The maximum atomic E-state index is 13.0. The summed E-state index contributed by atoms with van der Waals surface area (Å²) in [6.07, 6.45) is -0.895. The van der Waals surface area contributed by atoms with Crippen molar-refractivity contribution in [3.05, 3.63) is 120 Å². The lowest BCUT2D eigenvalue weighted by molar-refractivity contribution is -0.137. The molecule has 0 saturated heterocycles. The Hall–Kier alpha value is -4.72. The first kappa shape index (κ1) is 23.0. The van der Waals surface area contributed by atoms with Crippen LogP contribution in [0, 0.1) is 0 Å². The number of amides is 1. The fourth-order valence-electron chi connectivity index (χ4n) is 3.82. The summed E-state index contributed by atoms with van der Waals surface area (Å²) in [6, 6.07) is 22.8. The van der Waals surface area contributed by atoms with Gasteiger partial charge in [0.15, 0.2) is 0 Å². The molecular weight excluding hydrogens is 467 g/mol. The van der Waals surface area contributed by atoms with Gasteiger partial charge in [0, 0.05) is 22.6 Å². The van der Waals surface area contributed by atoms with E-state index < -0.39 is 11.7 Å². The zero-order valence-corrected chi connectivity index (χ0v) is 18.8. The van der Waals surface area contributed by atoms with E-state index >= 15 is 0 Å². The first-order chi connectivity index (χ1) is 17.3. The first-order valence-electron chi connectivity index (χ1n) is 11.0. The van der Waals surface area contributed by atoms with E-state index in [-0.39, 0.29) is 5.91 Å².